The summed E-state index contributed by atoms with van der Waals surface area (Å²) in [5, 5.41) is 13.0. The van der Waals surface area contributed by atoms with Crippen LogP contribution in [-0.2, 0) is 11.2 Å². The molecule has 0 amide bonds. The molecule has 160 valence electrons. The Hall–Kier alpha value is -1.97. The number of Topliss-reactive ketones (excluding diaryl/α,β-unsaturated/α-hetero) is 1. The van der Waals surface area contributed by atoms with Crippen molar-refractivity contribution in [3.63, 3.8) is 0 Å². The van der Waals surface area contributed by atoms with Gasteiger partial charge in [-0.05, 0) is 75.2 Å². The van der Waals surface area contributed by atoms with Crippen LogP contribution in [0.1, 0.15) is 37.7 Å². The quantitative estimate of drug-likeness (QED) is 0.782. The molecule has 5 rings (SSSR count). The van der Waals surface area contributed by atoms with Crippen LogP contribution in [0, 0.1) is 34.9 Å². The summed E-state index contributed by atoms with van der Waals surface area (Å²) in [6, 6.07) is 8.60. The first-order valence-corrected chi connectivity index (χ1v) is 11.4. The molecule has 1 saturated carbocycles. The molecule has 0 radical (unpaired) electrons. The van der Waals surface area contributed by atoms with Crippen LogP contribution in [0.25, 0.3) is 0 Å². The predicted molar refractivity (Wildman–Crippen MR) is 114 cm³/mol. The molecule has 1 aliphatic carbocycles. The van der Waals surface area contributed by atoms with Crippen molar-refractivity contribution in [3.05, 3.63) is 29.6 Å². The van der Waals surface area contributed by atoms with Crippen LogP contribution < -0.4 is 10.2 Å². The number of fused-ring (bicyclic) bond motifs is 3. The third-order valence-corrected chi connectivity index (χ3v) is 8.03. The Labute approximate surface area is 178 Å². The number of nitrogens with one attached hydrogen (secondary N) is 1. The topological polar surface area (TPSA) is 59.4 Å². The monoisotopic (exact) mass is 410 g/mol. The van der Waals surface area contributed by atoms with Crippen molar-refractivity contribution < 1.29 is 9.18 Å². The van der Waals surface area contributed by atoms with Gasteiger partial charge in [-0.3, -0.25) is 4.79 Å². The highest BCUT2D eigenvalue weighted by atomic mass is 19.1. The van der Waals surface area contributed by atoms with E-state index in [1.807, 2.05) is 12.1 Å². The second kappa shape index (κ2) is 7.94. The lowest BCUT2D eigenvalue weighted by molar-refractivity contribution is -0.122. The Morgan fingerprint density at radius 3 is 2.83 bits per heavy atom. The van der Waals surface area contributed by atoms with Gasteiger partial charge in [-0.15, -0.1) is 0 Å². The van der Waals surface area contributed by atoms with Gasteiger partial charge in [-0.25, -0.2) is 4.39 Å². The molecule has 1 aromatic rings. The number of rotatable bonds is 6. The maximum Gasteiger partial charge on any atom is 0.151 e. The number of likely N-dealkylation sites (N-methyl/N-ethyl adjacent to an activating group) is 1. The maximum atomic E-state index is 14.9. The number of piperidine rings is 1. The number of halogens is 1. The molecule has 2 unspecified atom stereocenters. The number of hydrogen-bond donors (Lipinski definition) is 1. The van der Waals surface area contributed by atoms with Gasteiger partial charge in [0.1, 0.15) is 5.82 Å². The van der Waals surface area contributed by atoms with Crippen molar-refractivity contribution in [2.24, 2.45) is 17.8 Å². The van der Waals surface area contributed by atoms with Gasteiger partial charge in [-0.2, -0.15) is 5.26 Å². The van der Waals surface area contributed by atoms with Crippen molar-refractivity contribution in [3.8, 4) is 6.07 Å². The highest BCUT2D eigenvalue weighted by Crippen LogP contribution is 2.37. The van der Waals surface area contributed by atoms with Gasteiger partial charge in [0.25, 0.3) is 0 Å². The van der Waals surface area contributed by atoms with E-state index in [0.717, 1.165) is 44.6 Å². The fraction of sp³-hybridized carbons (Fsp3) is 0.667. The Balaban J connectivity index is 1.21. The summed E-state index contributed by atoms with van der Waals surface area (Å²) in [7, 11) is 2.17. The summed E-state index contributed by atoms with van der Waals surface area (Å²) in [4.78, 5) is 17.4. The van der Waals surface area contributed by atoms with Gasteiger partial charge in [0.05, 0.1) is 18.0 Å². The predicted octanol–water partition coefficient (Wildman–Crippen LogP) is 2.75. The van der Waals surface area contributed by atoms with Gasteiger partial charge < -0.3 is 15.1 Å². The van der Waals surface area contributed by atoms with E-state index in [1.54, 1.807) is 6.07 Å². The first-order valence-electron chi connectivity index (χ1n) is 11.4. The van der Waals surface area contributed by atoms with E-state index in [9.17, 15) is 14.4 Å². The zero-order valence-electron chi connectivity index (χ0n) is 17.7. The summed E-state index contributed by atoms with van der Waals surface area (Å²) in [5.74, 6) is 0.490. The fourth-order valence-corrected chi connectivity index (χ4v) is 6.30. The molecule has 4 fully saturated rings. The van der Waals surface area contributed by atoms with E-state index < -0.39 is 5.92 Å². The van der Waals surface area contributed by atoms with E-state index >= 15 is 0 Å². The number of nitrogens with zero attached hydrogens (tertiary/aromatic N) is 3. The molecule has 1 N–H and O–H groups in total. The maximum absolute atomic E-state index is 14.9. The van der Waals surface area contributed by atoms with Crippen LogP contribution in [-0.4, -0.2) is 55.5 Å². The average molecular weight is 411 g/mol. The highest BCUT2D eigenvalue weighted by Gasteiger charge is 2.43. The van der Waals surface area contributed by atoms with E-state index in [2.05, 4.69) is 28.2 Å². The Bertz CT molecular complexity index is 867. The van der Waals surface area contributed by atoms with Crippen molar-refractivity contribution in [1.29, 1.82) is 5.26 Å². The molecule has 0 spiro atoms. The number of benzene rings is 1. The molecule has 3 saturated heterocycles. The van der Waals surface area contributed by atoms with Gasteiger partial charge in [0.2, 0.25) is 0 Å². The van der Waals surface area contributed by atoms with Crippen LogP contribution in [0.5, 0.6) is 0 Å². The molecule has 0 aromatic heterocycles. The third kappa shape index (κ3) is 3.63. The molecular formula is C24H31FN4O. The molecule has 2 bridgehead atoms. The minimum atomic E-state index is -0.474. The summed E-state index contributed by atoms with van der Waals surface area (Å²) in [6.07, 6.45) is 5.06. The summed E-state index contributed by atoms with van der Waals surface area (Å²) < 4.78 is 14.9. The Kier molecular flexibility index (Phi) is 5.28. The molecule has 5 nitrogen and oxygen atoms in total. The smallest absolute Gasteiger partial charge is 0.151 e. The standard InChI is InChI=1S/C24H31FN4O/c1-28-7-6-18-13-29(14-22(18)28)20-5-3-16(21(25)11-20)8-15(12-26)9-23(30)24-17-2-4-19(10-17)27-24/h3,5,11,15,17-19,22,24,27H,2,4,6-10,13-14H2,1H3/t15-,17+,18?,19-,22?,24+/m1/s1. The molecule has 1 aromatic carbocycles. The Morgan fingerprint density at radius 2 is 2.17 bits per heavy atom. The first kappa shape index (κ1) is 20.0. The lowest BCUT2D eigenvalue weighted by Crippen LogP contribution is -2.42. The zero-order chi connectivity index (χ0) is 20.8. The zero-order valence-corrected chi connectivity index (χ0v) is 17.7. The van der Waals surface area contributed by atoms with Crippen LogP contribution in [0.15, 0.2) is 18.2 Å². The molecule has 30 heavy (non-hydrogen) atoms. The number of nitriles is 1. The van der Waals surface area contributed by atoms with Gasteiger partial charge in [-0.1, -0.05) is 6.07 Å². The second-order valence-electron chi connectivity index (χ2n) is 9.89. The lowest BCUT2D eigenvalue weighted by atomic mass is 9.88. The number of ketones is 1. The first-order chi connectivity index (χ1) is 14.5. The van der Waals surface area contributed by atoms with E-state index in [-0.39, 0.29) is 24.1 Å². The molecule has 6 atom stereocenters. The summed E-state index contributed by atoms with van der Waals surface area (Å²) in [5.41, 5.74) is 1.46. The average Bonchev–Trinajstić information content (AvgIpc) is 3.51. The molecular weight excluding hydrogens is 379 g/mol. The fourth-order valence-electron chi connectivity index (χ4n) is 6.30. The minimum absolute atomic E-state index is 0.0976. The number of carbonyl (C=O) groups excluding carboxylic acids is 1. The number of carbonyl (C=O) groups is 1. The van der Waals surface area contributed by atoms with Crippen LogP contribution in [0.3, 0.4) is 0 Å². The van der Waals surface area contributed by atoms with Crippen molar-refractivity contribution in [2.75, 3.05) is 31.6 Å². The molecule has 3 aliphatic heterocycles. The van der Waals surface area contributed by atoms with E-state index in [4.69, 9.17) is 0 Å². The SMILES string of the molecule is CN1CCC2CN(c3ccc(C[C@@H](C#N)CC(=O)[C@H]4N[C@@H]5CC[C@H]4C5)c(F)c3)CC21. The van der Waals surface area contributed by atoms with E-state index in [1.165, 1.54) is 6.42 Å². The van der Waals surface area contributed by atoms with Crippen molar-refractivity contribution in [1.82, 2.24) is 10.2 Å². The number of likely N-dealkylation sites (tertiary alicyclic amines) is 1. The number of hydrogen-bond acceptors (Lipinski definition) is 5. The van der Waals surface area contributed by atoms with Crippen LogP contribution in [0.4, 0.5) is 10.1 Å². The Morgan fingerprint density at radius 1 is 1.30 bits per heavy atom. The van der Waals surface area contributed by atoms with E-state index in [0.29, 0.717) is 35.9 Å². The van der Waals surface area contributed by atoms with Crippen LogP contribution >= 0.6 is 0 Å². The normalized spacial score (nSPS) is 33.6. The molecule has 4 aliphatic rings. The second-order valence-corrected chi connectivity index (χ2v) is 9.89. The van der Waals surface area contributed by atoms with Gasteiger partial charge >= 0.3 is 0 Å². The van der Waals surface area contributed by atoms with Gasteiger partial charge in [0.15, 0.2) is 5.78 Å². The minimum Gasteiger partial charge on any atom is -0.370 e. The highest BCUT2D eigenvalue weighted by molar-refractivity contribution is 5.85. The number of anilines is 1. The molecule has 3 heterocycles. The molecule has 6 heteroatoms. The summed E-state index contributed by atoms with van der Waals surface area (Å²) >= 11 is 0. The van der Waals surface area contributed by atoms with Gasteiger partial charge in [0, 0.05) is 37.3 Å². The third-order valence-electron chi connectivity index (χ3n) is 8.03. The largest absolute Gasteiger partial charge is 0.370 e. The lowest BCUT2D eigenvalue weighted by Gasteiger charge is -2.23. The van der Waals surface area contributed by atoms with Crippen molar-refractivity contribution >= 4 is 11.5 Å². The summed E-state index contributed by atoms with van der Waals surface area (Å²) in [6.45, 7) is 3.09. The van der Waals surface area contributed by atoms with Crippen LogP contribution in [0.2, 0.25) is 0 Å². The van der Waals surface area contributed by atoms with Crippen molar-refractivity contribution in [2.45, 2.75) is 56.7 Å².